The summed E-state index contributed by atoms with van der Waals surface area (Å²) in [6, 6.07) is 0. The Morgan fingerprint density at radius 3 is 2.29 bits per heavy atom. The standard InChI is InChI=1S/C2H6O4S/c1-5-7(3,4)6-2/h1-2H3/i1D. The van der Waals surface area contributed by atoms with Crippen LogP contribution in [0, 0.1) is 0 Å². The molecule has 0 fully saturated rings. The number of hydrogen-bond acceptors (Lipinski definition) is 4. The van der Waals surface area contributed by atoms with Crippen molar-refractivity contribution in [2.75, 3.05) is 14.2 Å². The highest BCUT2D eigenvalue weighted by molar-refractivity contribution is 7.81. The zero-order valence-corrected chi connectivity index (χ0v) is 4.56. The molecule has 0 aromatic carbocycles. The summed E-state index contributed by atoms with van der Waals surface area (Å²) in [5, 5.41) is 0. The third-order valence-electron chi connectivity index (χ3n) is 0.348. The number of rotatable bonds is 2. The topological polar surface area (TPSA) is 52.6 Å². The van der Waals surface area contributed by atoms with E-state index in [-0.39, 0.29) is 0 Å². The summed E-state index contributed by atoms with van der Waals surface area (Å²) >= 11 is 0. The summed E-state index contributed by atoms with van der Waals surface area (Å²) in [7, 11) is -3.54. The quantitative estimate of drug-likeness (QED) is 0.503. The molecular weight excluding hydrogens is 120 g/mol. The average molecular weight is 127 g/mol. The lowest BCUT2D eigenvalue weighted by atomic mass is 11.8. The molecule has 5 heteroatoms. The second-order valence-corrected chi connectivity index (χ2v) is 2.08. The molecule has 0 bridgehead atoms. The second kappa shape index (κ2) is 2.25. The van der Waals surface area contributed by atoms with E-state index in [2.05, 4.69) is 8.37 Å². The van der Waals surface area contributed by atoms with Gasteiger partial charge in [-0.1, -0.05) is 0 Å². The van der Waals surface area contributed by atoms with E-state index in [0.29, 0.717) is 0 Å². The molecule has 44 valence electrons. The van der Waals surface area contributed by atoms with Crippen LogP contribution in [0.25, 0.3) is 0 Å². The Kier molecular flexibility index (Phi) is 1.61. The molecule has 0 N–H and O–H groups in total. The molecule has 0 aliphatic rings. The Bertz CT molecular complexity index is 138. The van der Waals surface area contributed by atoms with Crippen LogP contribution in [0.4, 0.5) is 0 Å². The largest absolute Gasteiger partial charge is 0.399 e. The molecule has 0 rings (SSSR count). The molecule has 0 unspecified atom stereocenters. The minimum Gasteiger partial charge on any atom is -0.252 e. The maximum Gasteiger partial charge on any atom is 0.399 e. The normalized spacial score (nSPS) is 13.6. The predicted octanol–water partition coefficient (Wildman–Crippen LogP) is -0.476. The van der Waals surface area contributed by atoms with Gasteiger partial charge in [0.1, 0.15) is 0 Å². The van der Waals surface area contributed by atoms with Crippen molar-refractivity contribution < 1.29 is 18.2 Å². The molecule has 0 aromatic rings. The van der Waals surface area contributed by atoms with Crippen LogP contribution in [-0.2, 0) is 18.8 Å². The average Bonchev–Trinajstić information content (AvgIpc) is 1.67. The highest BCUT2D eigenvalue weighted by Crippen LogP contribution is 1.85. The van der Waals surface area contributed by atoms with Crippen LogP contribution in [0.5, 0.6) is 0 Å². The van der Waals surface area contributed by atoms with Gasteiger partial charge in [-0.2, -0.15) is 8.42 Å². The van der Waals surface area contributed by atoms with Gasteiger partial charge in [-0.25, -0.2) is 0 Å². The monoisotopic (exact) mass is 127 g/mol. The van der Waals surface area contributed by atoms with E-state index in [1.54, 1.807) is 0 Å². The lowest BCUT2D eigenvalue weighted by Gasteiger charge is -1.91. The Balaban J connectivity index is 3.76. The second-order valence-electron chi connectivity index (χ2n) is 0.693. The minimum atomic E-state index is -3.86. The summed E-state index contributed by atoms with van der Waals surface area (Å²) < 4.78 is 34.0. The van der Waals surface area contributed by atoms with Crippen LogP contribution >= 0.6 is 0 Å². The Morgan fingerprint density at radius 2 is 2.14 bits per heavy atom. The van der Waals surface area contributed by atoms with Crippen LogP contribution in [0.3, 0.4) is 0 Å². The van der Waals surface area contributed by atoms with Crippen molar-refractivity contribution in [2.24, 2.45) is 0 Å². The van der Waals surface area contributed by atoms with E-state index in [0.717, 1.165) is 7.11 Å². The summed E-state index contributed by atoms with van der Waals surface area (Å²) in [4.78, 5) is 0. The summed E-state index contributed by atoms with van der Waals surface area (Å²) in [5.41, 5.74) is 0. The first-order valence-electron chi connectivity index (χ1n) is 2.07. The molecule has 4 nitrogen and oxygen atoms in total. The van der Waals surface area contributed by atoms with Gasteiger partial charge in [0.2, 0.25) is 0 Å². The number of hydrogen-bond donors (Lipinski definition) is 0. The van der Waals surface area contributed by atoms with E-state index in [1.165, 1.54) is 0 Å². The molecule has 0 aliphatic carbocycles. The fourth-order valence-electron chi connectivity index (χ4n) is 0.0481. The highest BCUT2D eigenvalue weighted by Gasteiger charge is 2.01. The Hall–Kier alpha value is -0.130. The molecule has 7 heavy (non-hydrogen) atoms. The third kappa shape index (κ3) is 2.55. The van der Waals surface area contributed by atoms with Crippen molar-refractivity contribution >= 4 is 10.4 Å². The van der Waals surface area contributed by atoms with Gasteiger partial charge in [0.25, 0.3) is 0 Å². The van der Waals surface area contributed by atoms with Gasteiger partial charge in [0, 0.05) is 0 Å². The van der Waals surface area contributed by atoms with E-state index in [9.17, 15) is 8.42 Å². The van der Waals surface area contributed by atoms with E-state index in [4.69, 9.17) is 1.37 Å². The first-order chi connectivity index (χ1) is 3.62. The van der Waals surface area contributed by atoms with Crippen LogP contribution in [-0.4, -0.2) is 22.6 Å². The smallest absolute Gasteiger partial charge is 0.252 e. The Labute approximate surface area is 43.8 Å². The fourth-order valence-corrected chi connectivity index (χ4v) is 0.144. The maximum atomic E-state index is 10.0. The zero-order valence-electron chi connectivity index (χ0n) is 4.75. The van der Waals surface area contributed by atoms with E-state index < -0.39 is 17.5 Å². The summed E-state index contributed by atoms with van der Waals surface area (Å²) in [6.07, 6.45) is 0. The molecule has 0 atom stereocenters. The van der Waals surface area contributed by atoms with E-state index in [1.807, 2.05) is 0 Å². The third-order valence-corrected chi connectivity index (χ3v) is 1.05. The SMILES string of the molecule is [2H]COS(=O)(=O)OC. The highest BCUT2D eigenvalue weighted by atomic mass is 32.3. The van der Waals surface area contributed by atoms with Crippen molar-refractivity contribution in [3.8, 4) is 0 Å². The minimum absolute atomic E-state index is 0.643. The van der Waals surface area contributed by atoms with Gasteiger partial charge >= 0.3 is 10.4 Å². The van der Waals surface area contributed by atoms with Crippen molar-refractivity contribution in [2.45, 2.75) is 0 Å². The molecule has 0 spiro atoms. The van der Waals surface area contributed by atoms with Crippen molar-refractivity contribution in [1.29, 1.82) is 0 Å². The predicted molar refractivity (Wildman–Crippen MR) is 22.9 cm³/mol. The van der Waals surface area contributed by atoms with E-state index >= 15 is 0 Å². The molecule has 0 radical (unpaired) electrons. The molecular formula is C2H6O4S. The molecule has 0 amide bonds. The van der Waals surface area contributed by atoms with Crippen LogP contribution in [0.1, 0.15) is 1.37 Å². The van der Waals surface area contributed by atoms with Crippen LogP contribution in [0.15, 0.2) is 0 Å². The lowest BCUT2D eigenvalue weighted by Crippen LogP contribution is -2.02. The van der Waals surface area contributed by atoms with Gasteiger partial charge in [-0.15, -0.1) is 0 Å². The van der Waals surface area contributed by atoms with Gasteiger partial charge in [0.05, 0.1) is 15.6 Å². The first kappa shape index (κ1) is 5.02. The fraction of sp³-hybridized carbons (Fsp3) is 1.00. The molecule has 0 aliphatic heterocycles. The summed E-state index contributed by atoms with van der Waals surface area (Å²) in [5.74, 6) is 0. The van der Waals surface area contributed by atoms with Gasteiger partial charge in [-0.3, -0.25) is 8.37 Å². The van der Waals surface area contributed by atoms with Gasteiger partial charge in [0.15, 0.2) is 0 Å². The van der Waals surface area contributed by atoms with Gasteiger partial charge < -0.3 is 0 Å². The lowest BCUT2D eigenvalue weighted by molar-refractivity contribution is 0.286. The first-order valence-corrected chi connectivity index (χ1v) is 2.70. The van der Waals surface area contributed by atoms with Crippen molar-refractivity contribution in [1.82, 2.24) is 0 Å². The molecule has 0 saturated carbocycles. The molecule has 0 heterocycles. The van der Waals surface area contributed by atoms with Crippen molar-refractivity contribution in [3.63, 3.8) is 0 Å². The maximum absolute atomic E-state index is 10.0. The zero-order chi connectivity index (χ0) is 6.62. The van der Waals surface area contributed by atoms with Gasteiger partial charge in [-0.05, 0) is 0 Å². The van der Waals surface area contributed by atoms with Crippen LogP contribution in [0.2, 0.25) is 0 Å². The van der Waals surface area contributed by atoms with Crippen LogP contribution < -0.4 is 0 Å². The molecule has 0 saturated heterocycles. The Morgan fingerprint density at radius 1 is 1.57 bits per heavy atom. The molecule has 0 aromatic heterocycles. The van der Waals surface area contributed by atoms with Crippen molar-refractivity contribution in [3.05, 3.63) is 0 Å². The summed E-state index contributed by atoms with van der Waals surface area (Å²) in [6.45, 7) is 0.